The number of hydrogen-bond acceptors (Lipinski definition) is 5. The zero-order chi connectivity index (χ0) is 18.8. The first kappa shape index (κ1) is 17.7. The first-order chi connectivity index (χ1) is 13.1. The SMILES string of the molecule is Cc1ccc2c(Nc3ccc(Cl)cc3)c(C(=O)N3CCOCC3)cnc2n1. The predicted octanol–water partition coefficient (Wildman–Crippen LogP) is 3.81. The fourth-order valence-corrected chi connectivity index (χ4v) is 3.21. The maximum absolute atomic E-state index is 13.1. The number of ether oxygens (including phenoxy) is 1. The maximum atomic E-state index is 13.1. The highest BCUT2D eigenvalue weighted by molar-refractivity contribution is 6.30. The highest BCUT2D eigenvalue weighted by Crippen LogP contribution is 2.30. The number of carbonyl (C=O) groups is 1. The molecule has 0 spiro atoms. The number of pyridine rings is 2. The largest absolute Gasteiger partial charge is 0.378 e. The number of rotatable bonds is 3. The summed E-state index contributed by atoms with van der Waals surface area (Å²) >= 11 is 5.99. The molecule has 0 bridgehead atoms. The maximum Gasteiger partial charge on any atom is 0.257 e. The summed E-state index contributed by atoms with van der Waals surface area (Å²) in [5.41, 5.74) is 3.53. The van der Waals surface area contributed by atoms with Gasteiger partial charge >= 0.3 is 0 Å². The van der Waals surface area contributed by atoms with Crippen molar-refractivity contribution < 1.29 is 9.53 Å². The Labute approximate surface area is 162 Å². The Balaban J connectivity index is 1.80. The minimum atomic E-state index is -0.0651. The number of morpholine rings is 1. The lowest BCUT2D eigenvalue weighted by atomic mass is 10.1. The molecular weight excluding hydrogens is 364 g/mol. The molecule has 1 N–H and O–H groups in total. The van der Waals surface area contributed by atoms with Gasteiger partial charge in [0.25, 0.3) is 5.91 Å². The average molecular weight is 383 g/mol. The van der Waals surface area contributed by atoms with Gasteiger partial charge < -0.3 is 15.0 Å². The van der Waals surface area contributed by atoms with E-state index < -0.39 is 0 Å². The monoisotopic (exact) mass is 382 g/mol. The molecule has 1 fully saturated rings. The lowest BCUT2D eigenvalue weighted by Gasteiger charge is -2.27. The van der Waals surface area contributed by atoms with E-state index >= 15 is 0 Å². The van der Waals surface area contributed by atoms with E-state index in [9.17, 15) is 4.79 Å². The second kappa shape index (κ2) is 7.50. The van der Waals surface area contributed by atoms with Crippen molar-refractivity contribution in [3.63, 3.8) is 0 Å². The van der Waals surface area contributed by atoms with E-state index in [4.69, 9.17) is 16.3 Å². The molecule has 0 unspecified atom stereocenters. The van der Waals surface area contributed by atoms with E-state index in [-0.39, 0.29) is 5.91 Å². The van der Waals surface area contributed by atoms with Crippen LogP contribution in [0.4, 0.5) is 11.4 Å². The van der Waals surface area contributed by atoms with Gasteiger partial charge in [-0.15, -0.1) is 0 Å². The molecule has 3 heterocycles. The van der Waals surface area contributed by atoms with Crippen LogP contribution in [0.2, 0.25) is 5.02 Å². The van der Waals surface area contributed by atoms with Crippen molar-refractivity contribution in [2.75, 3.05) is 31.6 Å². The highest BCUT2D eigenvalue weighted by atomic mass is 35.5. The summed E-state index contributed by atoms with van der Waals surface area (Å²) in [5, 5.41) is 4.82. The van der Waals surface area contributed by atoms with Gasteiger partial charge in [-0.05, 0) is 43.3 Å². The molecule has 0 radical (unpaired) electrons. The zero-order valence-electron chi connectivity index (χ0n) is 14.9. The van der Waals surface area contributed by atoms with Crippen molar-refractivity contribution in [3.8, 4) is 0 Å². The molecule has 3 aromatic rings. The summed E-state index contributed by atoms with van der Waals surface area (Å²) in [6.07, 6.45) is 1.60. The Morgan fingerprint density at radius 2 is 1.89 bits per heavy atom. The summed E-state index contributed by atoms with van der Waals surface area (Å²) in [5.74, 6) is -0.0651. The summed E-state index contributed by atoms with van der Waals surface area (Å²) in [4.78, 5) is 23.8. The third-order valence-electron chi connectivity index (χ3n) is 4.51. The fraction of sp³-hybridized carbons (Fsp3) is 0.250. The van der Waals surface area contributed by atoms with Crippen LogP contribution in [0.25, 0.3) is 11.0 Å². The lowest BCUT2D eigenvalue weighted by molar-refractivity contribution is 0.0303. The molecule has 1 amide bonds. The first-order valence-electron chi connectivity index (χ1n) is 8.78. The average Bonchev–Trinajstić information content (AvgIpc) is 2.70. The van der Waals surface area contributed by atoms with Gasteiger partial charge in [0.15, 0.2) is 5.65 Å². The van der Waals surface area contributed by atoms with E-state index in [0.29, 0.717) is 48.2 Å². The number of aryl methyl sites for hydroxylation is 1. The molecule has 0 atom stereocenters. The van der Waals surface area contributed by atoms with Gasteiger partial charge in [0.2, 0.25) is 0 Å². The van der Waals surface area contributed by atoms with Crippen LogP contribution in [0.5, 0.6) is 0 Å². The van der Waals surface area contributed by atoms with Gasteiger partial charge in [-0.3, -0.25) is 4.79 Å². The van der Waals surface area contributed by atoms with Crippen molar-refractivity contribution >= 4 is 39.9 Å². The van der Waals surface area contributed by atoms with Gasteiger partial charge in [0.05, 0.1) is 24.5 Å². The Hall–Kier alpha value is -2.70. The number of carbonyl (C=O) groups excluding carboxylic acids is 1. The summed E-state index contributed by atoms with van der Waals surface area (Å²) in [6, 6.07) is 11.2. The number of amides is 1. The molecule has 4 rings (SSSR count). The van der Waals surface area contributed by atoms with Crippen LogP contribution in [-0.2, 0) is 4.74 Å². The number of hydrogen-bond donors (Lipinski definition) is 1. The van der Waals surface area contributed by atoms with Crippen LogP contribution in [0.3, 0.4) is 0 Å². The molecule has 0 aliphatic carbocycles. The number of fused-ring (bicyclic) bond motifs is 1. The van der Waals surface area contributed by atoms with Crippen molar-refractivity contribution in [2.45, 2.75) is 6.92 Å². The summed E-state index contributed by atoms with van der Waals surface area (Å²) in [6.45, 7) is 4.16. The number of aromatic nitrogens is 2. The second-order valence-corrected chi connectivity index (χ2v) is 6.84. The first-order valence-corrected chi connectivity index (χ1v) is 9.15. The third kappa shape index (κ3) is 3.72. The van der Waals surface area contributed by atoms with Gasteiger partial charge in [-0.2, -0.15) is 0 Å². The number of nitrogens with zero attached hydrogens (tertiary/aromatic N) is 3. The topological polar surface area (TPSA) is 67.4 Å². The molecule has 1 aliphatic rings. The number of anilines is 2. The van der Waals surface area contributed by atoms with Crippen LogP contribution < -0.4 is 5.32 Å². The normalized spacial score (nSPS) is 14.4. The van der Waals surface area contributed by atoms with E-state index in [1.807, 2.05) is 31.2 Å². The van der Waals surface area contributed by atoms with Crippen LogP contribution >= 0.6 is 11.6 Å². The second-order valence-electron chi connectivity index (χ2n) is 6.41. The molecule has 1 saturated heterocycles. The molecule has 138 valence electrons. The van der Waals surface area contributed by atoms with E-state index in [2.05, 4.69) is 15.3 Å². The molecule has 1 aromatic carbocycles. The quantitative estimate of drug-likeness (QED) is 0.746. The van der Waals surface area contributed by atoms with E-state index in [0.717, 1.165) is 16.8 Å². The molecule has 0 saturated carbocycles. The Morgan fingerprint density at radius 1 is 1.15 bits per heavy atom. The Morgan fingerprint density at radius 3 is 2.63 bits per heavy atom. The van der Waals surface area contributed by atoms with Crippen LogP contribution in [0.1, 0.15) is 16.1 Å². The molecule has 27 heavy (non-hydrogen) atoms. The van der Waals surface area contributed by atoms with Gasteiger partial charge in [-0.25, -0.2) is 9.97 Å². The van der Waals surface area contributed by atoms with Gasteiger partial charge in [0, 0.05) is 41.1 Å². The molecule has 6 nitrogen and oxygen atoms in total. The van der Waals surface area contributed by atoms with Crippen molar-refractivity contribution in [1.29, 1.82) is 0 Å². The van der Waals surface area contributed by atoms with Crippen molar-refractivity contribution in [2.24, 2.45) is 0 Å². The Bertz CT molecular complexity index is 985. The van der Waals surface area contributed by atoms with Gasteiger partial charge in [-0.1, -0.05) is 11.6 Å². The number of halogens is 1. The number of nitrogens with one attached hydrogen (secondary N) is 1. The van der Waals surface area contributed by atoms with Crippen molar-refractivity contribution in [3.05, 3.63) is 58.9 Å². The number of benzene rings is 1. The third-order valence-corrected chi connectivity index (χ3v) is 4.76. The fourth-order valence-electron chi connectivity index (χ4n) is 3.08. The van der Waals surface area contributed by atoms with Crippen LogP contribution in [0, 0.1) is 6.92 Å². The minimum absolute atomic E-state index is 0.0651. The molecular formula is C20H19ClN4O2. The summed E-state index contributed by atoms with van der Waals surface area (Å²) in [7, 11) is 0. The molecule has 7 heteroatoms. The smallest absolute Gasteiger partial charge is 0.257 e. The standard InChI is InChI=1S/C20H19ClN4O2/c1-13-2-7-16-18(24-15-5-3-14(21)4-6-15)17(12-22-19(16)23-13)20(26)25-8-10-27-11-9-25/h2-7,12H,8-11H2,1H3,(H,22,23,24). The molecule has 2 aromatic heterocycles. The van der Waals surface area contributed by atoms with Crippen molar-refractivity contribution in [1.82, 2.24) is 14.9 Å². The summed E-state index contributed by atoms with van der Waals surface area (Å²) < 4.78 is 5.36. The predicted molar refractivity (Wildman–Crippen MR) is 106 cm³/mol. The van der Waals surface area contributed by atoms with E-state index in [1.54, 1.807) is 23.2 Å². The zero-order valence-corrected chi connectivity index (χ0v) is 15.7. The van der Waals surface area contributed by atoms with Crippen LogP contribution in [-0.4, -0.2) is 47.1 Å². The Kier molecular flexibility index (Phi) is 4.92. The molecule has 1 aliphatic heterocycles. The van der Waals surface area contributed by atoms with Gasteiger partial charge in [0.1, 0.15) is 0 Å². The van der Waals surface area contributed by atoms with E-state index in [1.165, 1.54) is 0 Å². The van der Waals surface area contributed by atoms with Crippen LogP contribution in [0.15, 0.2) is 42.6 Å². The lowest BCUT2D eigenvalue weighted by Crippen LogP contribution is -2.41. The highest BCUT2D eigenvalue weighted by Gasteiger charge is 2.23. The minimum Gasteiger partial charge on any atom is -0.378 e.